The van der Waals surface area contributed by atoms with Gasteiger partial charge in [0.2, 0.25) is 0 Å². The van der Waals surface area contributed by atoms with Crippen molar-refractivity contribution in [1.29, 1.82) is 0 Å². The van der Waals surface area contributed by atoms with Crippen LogP contribution in [-0.4, -0.2) is 23.2 Å². The van der Waals surface area contributed by atoms with E-state index in [9.17, 15) is 9.59 Å². The van der Waals surface area contributed by atoms with Gasteiger partial charge in [-0.2, -0.15) is 0 Å². The number of aromatic nitrogens is 2. The van der Waals surface area contributed by atoms with Crippen molar-refractivity contribution in [2.45, 2.75) is 6.29 Å². The predicted molar refractivity (Wildman–Crippen MR) is 42.3 cm³/mol. The molecule has 6 nitrogen and oxygen atoms in total. The second-order valence-electron chi connectivity index (χ2n) is 2.62. The Labute approximate surface area is 72.5 Å². The summed E-state index contributed by atoms with van der Waals surface area (Å²) in [4.78, 5) is 26.2. The van der Waals surface area contributed by atoms with Gasteiger partial charge in [0, 0.05) is 6.07 Å². The fraction of sp³-hybridized carbons (Fsp3) is 0.429. The molecule has 2 rings (SSSR count). The molecule has 2 N–H and O–H groups in total. The third kappa shape index (κ3) is 1.68. The molecule has 2 heterocycles. The zero-order valence-corrected chi connectivity index (χ0v) is 6.70. The maximum absolute atomic E-state index is 10.9. The van der Waals surface area contributed by atoms with E-state index in [1.165, 1.54) is 6.07 Å². The number of ether oxygens (including phenoxy) is 2. The van der Waals surface area contributed by atoms with Crippen molar-refractivity contribution in [3.63, 3.8) is 0 Å². The summed E-state index contributed by atoms with van der Waals surface area (Å²) in [5, 5.41) is 0. The first-order valence-electron chi connectivity index (χ1n) is 3.82. The lowest BCUT2D eigenvalue weighted by Crippen LogP contribution is -2.24. The predicted octanol–water partition coefficient (Wildman–Crippen LogP) is -0.891. The summed E-state index contributed by atoms with van der Waals surface area (Å²) in [6.45, 7) is 0.943. The second-order valence-corrected chi connectivity index (χ2v) is 2.62. The molecule has 0 aliphatic carbocycles. The first kappa shape index (κ1) is 8.21. The average molecular weight is 184 g/mol. The van der Waals surface area contributed by atoms with Gasteiger partial charge in [-0.1, -0.05) is 0 Å². The van der Waals surface area contributed by atoms with E-state index in [1.54, 1.807) is 0 Å². The van der Waals surface area contributed by atoms with Crippen LogP contribution < -0.4 is 11.2 Å². The fourth-order valence-corrected chi connectivity index (χ4v) is 1.15. The summed E-state index contributed by atoms with van der Waals surface area (Å²) in [6, 6.07) is 1.25. The molecule has 0 spiro atoms. The van der Waals surface area contributed by atoms with Gasteiger partial charge in [0.05, 0.1) is 18.9 Å². The molecule has 0 radical (unpaired) electrons. The molecule has 0 bridgehead atoms. The van der Waals surface area contributed by atoms with Crippen molar-refractivity contribution in [2.24, 2.45) is 0 Å². The largest absolute Gasteiger partial charge is 0.345 e. The average Bonchev–Trinajstić information content (AvgIpc) is 2.53. The molecule has 70 valence electrons. The van der Waals surface area contributed by atoms with Gasteiger partial charge in [0.25, 0.3) is 5.56 Å². The van der Waals surface area contributed by atoms with Crippen LogP contribution in [0, 0.1) is 0 Å². The normalized spacial score (nSPS) is 17.8. The van der Waals surface area contributed by atoms with E-state index >= 15 is 0 Å². The number of nitrogens with one attached hydrogen (secondary N) is 2. The molecule has 1 aliphatic rings. The number of aromatic amines is 2. The summed E-state index contributed by atoms with van der Waals surface area (Å²) in [6.07, 6.45) is -0.616. The highest BCUT2D eigenvalue weighted by atomic mass is 16.7. The van der Waals surface area contributed by atoms with E-state index in [0.29, 0.717) is 18.9 Å². The first-order valence-corrected chi connectivity index (χ1v) is 3.82. The molecule has 0 aromatic carbocycles. The Bertz CT molecular complexity index is 373. The lowest BCUT2D eigenvalue weighted by molar-refractivity contribution is -0.0476. The van der Waals surface area contributed by atoms with Crippen LogP contribution in [0.4, 0.5) is 0 Å². The number of hydrogen-bond donors (Lipinski definition) is 2. The van der Waals surface area contributed by atoms with E-state index in [-0.39, 0.29) is 0 Å². The van der Waals surface area contributed by atoms with Crippen LogP contribution in [0.1, 0.15) is 12.0 Å². The van der Waals surface area contributed by atoms with Crippen molar-refractivity contribution in [2.75, 3.05) is 13.2 Å². The number of rotatable bonds is 1. The molecule has 6 heteroatoms. The van der Waals surface area contributed by atoms with Crippen LogP contribution in [0.25, 0.3) is 0 Å². The monoisotopic (exact) mass is 184 g/mol. The lowest BCUT2D eigenvalue weighted by Gasteiger charge is -2.06. The SMILES string of the molecule is O=c1cc(C2OCCO2)[nH]c(=O)[nH]1. The smallest absolute Gasteiger partial charge is 0.326 e. The topological polar surface area (TPSA) is 84.2 Å². The summed E-state index contributed by atoms with van der Waals surface area (Å²) in [5.41, 5.74) is -0.661. The molecule has 1 aromatic heterocycles. The standard InChI is InChI=1S/C7H8N2O4/c10-5-3-4(8-7(11)9-5)6-12-1-2-13-6/h3,6H,1-2H2,(H2,8,9,10,11). The van der Waals surface area contributed by atoms with Gasteiger partial charge < -0.3 is 14.5 Å². The van der Waals surface area contributed by atoms with E-state index in [1.807, 2.05) is 0 Å². The van der Waals surface area contributed by atoms with Crippen molar-refractivity contribution in [3.05, 3.63) is 32.6 Å². The Morgan fingerprint density at radius 3 is 2.54 bits per heavy atom. The van der Waals surface area contributed by atoms with Crippen LogP contribution in [0.2, 0.25) is 0 Å². The van der Waals surface area contributed by atoms with Crippen molar-refractivity contribution in [3.8, 4) is 0 Å². The van der Waals surface area contributed by atoms with Gasteiger partial charge in [-0.15, -0.1) is 0 Å². The summed E-state index contributed by atoms with van der Waals surface area (Å²) in [7, 11) is 0. The van der Waals surface area contributed by atoms with Crippen molar-refractivity contribution in [1.82, 2.24) is 9.97 Å². The van der Waals surface area contributed by atoms with Gasteiger partial charge in [0.15, 0.2) is 6.29 Å². The lowest BCUT2D eigenvalue weighted by atomic mass is 10.4. The summed E-state index contributed by atoms with van der Waals surface area (Å²) in [5.74, 6) is 0. The van der Waals surface area contributed by atoms with Gasteiger partial charge in [-0.05, 0) is 0 Å². The van der Waals surface area contributed by atoms with Crippen LogP contribution in [-0.2, 0) is 9.47 Å². The van der Waals surface area contributed by atoms with Crippen molar-refractivity contribution >= 4 is 0 Å². The molecule has 0 saturated carbocycles. The summed E-state index contributed by atoms with van der Waals surface area (Å²) < 4.78 is 10.2. The first-order chi connectivity index (χ1) is 6.25. The zero-order valence-electron chi connectivity index (χ0n) is 6.70. The Balaban J connectivity index is 2.39. The molecule has 1 aliphatic heterocycles. The van der Waals surface area contributed by atoms with Gasteiger partial charge in [-0.25, -0.2) is 4.79 Å². The molecule has 0 amide bonds. The van der Waals surface area contributed by atoms with Crippen LogP contribution in [0.15, 0.2) is 15.7 Å². The molecule has 1 saturated heterocycles. The minimum absolute atomic E-state index is 0.353. The minimum Gasteiger partial charge on any atom is -0.345 e. The van der Waals surface area contributed by atoms with E-state index in [2.05, 4.69) is 9.97 Å². The van der Waals surface area contributed by atoms with E-state index < -0.39 is 17.5 Å². The molecule has 0 atom stereocenters. The number of H-pyrrole nitrogens is 2. The molecule has 0 unspecified atom stereocenters. The second kappa shape index (κ2) is 3.15. The van der Waals surface area contributed by atoms with E-state index in [4.69, 9.17) is 9.47 Å². The van der Waals surface area contributed by atoms with Gasteiger partial charge >= 0.3 is 5.69 Å². The Kier molecular flexibility index (Phi) is 1.99. The van der Waals surface area contributed by atoms with Crippen LogP contribution in [0.5, 0.6) is 0 Å². The third-order valence-electron chi connectivity index (χ3n) is 1.66. The van der Waals surface area contributed by atoms with E-state index in [0.717, 1.165) is 0 Å². The maximum Gasteiger partial charge on any atom is 0.326 e. The summed E-state index contributed by atoms with van der Waals surface area (Å²) >= 11 is 0. The fourth-order valence-electron chi connectivity index (χ4n) is 1.15. The molecule has 1 aromatic rings. The molecule has 1 fully saturated rings. The van der Waals surface area contributed by atoms with Crippen LogP contribution in [0.3, 0.4) is 0 Å². The highest BCUT2D eigenvalue weighted by molar-refractivity contribution is 5.00. The van der Waals surface area contributed by atoms with Crippen LogP contribution >= 0.6 is 0 Å². The highest BCUT2D eigenvalue weighted by Gasteiger charge is 2.19. The number of hydrogen-bond acceptors (Lipinski definition) is 4. The minimum atomic E-state index is -0.616. The van der Waals surface area contributed by atoms with Gasteiger partial charge in [-0.3, -0.25) is 9.78 Å². The van der Waals surface area contributed by atoms with Gasteiger partial charge in [0.1, 0.15) is 0 Å². The third-order valence-corrected chi connectivity index (χ3v) is 1.66. The Morgan fingerprint density at radius 1 is 1.23 bits per heavy atom. The molecular weight excluding hydrogens is 176 g/mol. The Morgan fingerprint density at radius 2 is 1.92 bits per heavy atom. The zero-order chi connectivity index (χ0) is 9.26. The molecule has 13 heavy (non-hydrogen) atoms. The quantitative estimate of drug-likeness (QED) is 0.593. The Hall–Kier alpha value is -1.40. The molecular formula is C7H8N2O4. The highest BCUT2D eigenvalue weighted by Crippen LogP contribution is 2.18. The van der Waals surface area contributed by atoms with Crippen molar-refractivity contribution < 1.29 is 9.47 Å². The maximum atomic E-state index is 10.9.